The van der Waals surface area contributed by atoms with E-state index in [1.807, 2.05) is 0 Å². The first-order valence-electron chi connectivity index (χ1n) is 10.9. The Morgan fingerprint density at radius 1 is 0.389 bits per heavy atom. The van der Waals surface area contributed by atoms with Crippen LogP contribution in [0.1, 0.15) is 63.7 Å². The fourth-order valence-electron chi connectivity index (χ4n) is 4.74. The third-order valence-corrected chi connectivity index (χ3v) is 6.20. The van der Waals surface area contributed by atoms with Crippen LogP contribution in [0.5, 0.6) is 0 Å². The van der Waals surface area contributed by atoms with E-state index in [0.29, 0.717) is 44.5 Å². The molecule has 2 aliphatic rings. The molecule has 174 valence electrons. The van der Waals surface area contributed by atoms with Gasteiger partial charge >= 0.3 is 6.16 Å². The first-order chi connectivity index (χ1) is 17.3. The standard InChI is InChI=1S/C28H14O4.CH2O3/c29-25-17-7-1-3-9-19(17)27(31)23-15(11-5-13-21(23)25)16-12-6-14-22-24(16)28(32)20-10-4-2-8-18(20)26(22)30;2-1(3)4/h1-14H;(H2,2,3,4). The van der Waals surface area contributed by atoms with E-state index in [-0.39, 0.29) is 34.3 Å². The summed E-state index contributed by atoms with van der Waals surface area (Å²) in [4.78, 5) is 61.7. The van der Waals surface area contributed by atoms with Crippen molar-refractivity contribution >= 4 is 29.3 Å². The van der Waals surface area contributed by atoms with Crippen molar-refractivity contribution in [2.45, 2.75) is 0 Å². The fraction of sp³-hybridized carbons (Fsp3) is 0. The van der Waals surface area contributed by atoms with Gasteiger partial charge in [0.2, 0.25) is 0 Å². The maximum Gasteiger partial charge on any atom is 0.503 e. The summed E-state index contributed by atoms with van der Waals surface area (Å²) in [7, 11) is 0. The second kappa shape index (κ2) is 8.56. The van der Waals surface area contributed by atoms with Gasteiger partial charge in [-0.05, 0) is 11.1 Å². The predicted octanol–water partition coefficient (Wildman–Crippen LogP) is 5.13. The van der Waals surface area contributed by atoms with Gasteiger partial charge in [0.1, 0.15) is 0 Å². The van der Waals surface area contributed by atoms with E-state index >= 15 is 0 Å². The minimum absolute atomic E-state index is 0.227. The Morgan fingerprint density at radius 2 is 0.639 bits per heavy atom. The van der Waals surface area contributed by atoms with Gasteiger partial charge in [0.05, 0.1) is 0 Å². The monoisotopic (exact) mass is 476 g/mol. The molecule has 6 rings (SSSR count). The summed E-state index contributed by atoms with van der Waals surface area (Å²) in [5, 5.41) is 13.9. The predicted molar refractivity (Wildman–Crippen MR) is 129 cm³/mol. The molecule has 7 heteroatoms. The van der Waals surface area contributed by atoms with E-state index in [9.17, 15) is 19.2 Å². The van der Waals surface area contributed by atoms with Crippen LogP contribution in [0.2, 0.25) is 0 Å². The number of hydrogen-bond acceptors (Lipinski definition) is 5. The molecule has 0 spiro atoms. The van der Waals surface area contributed by atoms with Gasteiger partial charge < -0.3 is 10.2 Å². The molecule has 4 aromatic rings. The Kier molecular flexibility index (Phi) is 5.37. The Hall–Kier alpha value is -5.17. The quantitative estimate of drug-likeness (QED) is 0.337. The third kappa shape index (κ3) is 3.42. The minimum atomic E-state index is -1.83. The zero-order valence-electron chi connectivity index (χ0n) is 18.5. The topological polar surface area (TPSA) is 126 Å². The molecule has 0 saturated heterocycles. The maximum atomic E-state index is 13.5. The van der Waals surface area contributed by atoms with Gasteiger partial charge in [-0.25, -0.2) is 4.79 Å². The van der Waals surface area contributed by atoms with Crippen LogP contribution in [-0.2, 0) is 0 Å². The van der Waals surface area contributed by atoms with Crippen molar-refractivity contribution in [3.05, 3.63) is 129 Å². The summed E-state index contributed by atoms with van der Waals surface area (Å²) >= 11 is 0. The highest BCUT2D eigenvalue weighted by atomic mass is 16.6. The SMILES string of the molecule is O=C(O)O.O=C1c2ccccc2C(=O)c2c1cccc2-c1cccc2c1C(=O)c1ccccc1C2=O. The van der Waals surface area contributed by atoms with E-state index in [1.165, 1.54) is 0 Å². The Bertz CT molecular complexity index is 1520. The largest absolute Gasteiger partial charge is 0.503 e. The number of carbonyl (C=O) groups is 5. The van der Waals surface area contributed by atoms with Crippen molar-refractivity contribution in [3.8, 4) is 11.1 Å². The molecule has 0 atom stereocenters. The lowest BCUT2D eigenvalue weighted by Gasteiger charge is -2.23. The number of carbonyl (C=O) groups excluding carboxylic acids is 4. The molecule has 7 nitrogen and oxygen atoms in total. The normalized spacial score (nSPS) is 13.0. The van der Waals surface area contributed by atoms with Gasteiger partial charge in [-0.2, -0.15) is 0 Å². The van der Waals surface area contributed by atoms with Crippen molar-refractivity contribution < 1.29 is 34.2 Å². The van der Waals surface area contributed by atoms with Crippen molar-refractivity contribution in [2.24, 2.45) is 0 Å². The fourth-order valence-corrected chi connectivity index (χ4v) is 4.74. The molecule has 0 heterocycles. The smallest absolute Gasteiger partial charge is 0.450 e. The number of hydrogen-bond donors (Lipinski definition) is 2. The van der Waals surface area contributed by atoms with Crippen molar-refractivity contribution in [2.75, 3.05) is 0 Å². The average Bonchev–Trinajstić information content (AvgIpc) is 2.89. The first-order valence-corrected chi connectivity index (χ1v) is 10.9. The van der Waals surface area contributed by atoms with Gasteiger partial charge in [0, 0.05) is 44.5 Å². The lowest BCUT2D eigenvalue weighted by molar-refractivity contribution is 0.0978. The van der Waals surface area contributed by atoms with E-state index in [1.54, 1.807) is 84.9 Å². The van der Waals surface area contributed by atoms with Crippen LogP contribution in [-0.4, -0.2) is 39.5 Å². The highest BCUT2D eigenvalue weighted by molar-refractivity contribution is 6.33. The lowest BCUT2D eigenvalue weighted by Crippen LogP contribution is -2.24. The number of rotatable bonds is 1. The van der Waals surface area contributed by atoms with Crippen molar-refractivity contribution in [3.63, 3.8) is 0 Å². The average molecular weight is 476 g/mol. The highest BCUT2D eigenvalue weighted by Crippen LogP contribution is 2.39. The van der Waals surface area contributed by atoms with Crippen molar-refractivity contribution in [1.29, 1.82) is 0 Å². The van der Waals surface area contributed by atoms with Gasteiger partial charge in [-0.1, -0.05) is 84.9 Å². The molecule has 0 aliphatic heterocycles. The molecule has 0 aromatic heterocycles. The number of fused-ring (bicyclic) bond motifs is 4. The van der Waals surface area contributed by atoms with E-state index in [4.69, 9.17) is 15.0 Å². The molecule has 0 saturated carbocycles. The number of benzene rings is 4. The van der Waals surface area contributed by atoms with Gasteiger partial charge in [0.15, 0.2) is 23.1 Å². The van der Waals surface area contributed by atoms with E-state index in [0.717, 1.165) is 0 Å². The first kappa shape index (κ1) is 22.6. The zero-order valence-corrected chi connectivity index (χ0v) is 18.5. The van der Waals surface area contributed by atoms with E-state index in [2.05, 4.69) is 0 Å². The molecule has 0 bridgehead atoms. The molecule has 4 aromatic carbocycles. The van der Waals surface area contributed by atoms with Gasteiger partial charge in [0.25, 0.3) is 0 Å². The molecular formula is C29H16O7. The molecule has 0 unspecified atom stereocenters. The van der Waals surface area contributed by atoms with Crippen molar-refractivity contribution in [1.82, 2.24) is 0 Å². The summed E-state index contributed by atoms with van der Waals surface area (Å²) in [5.41, 5.74) is 3.53. The Balaban J connectivity index is 0.000000623. The molecule has 2 N–H and O–H groups in total. The second-order valence-corrected chi connectivity index (χ2v) is 8.15. The molecule has 0 fully saturated rings. The van der Waals surface area contributed by atoms with Crippen LogP contribution < -0.4 is 0 Å². The Morgan fingerprint density at radius 3 is 0.972 bits per heavy atom. The summed E-state index contributed by atoms with van der Waals surface area (Å²) in [6.07, 6.45) is -1.83. The van der Waals surface area contributed by atoms with E-state index < -0.39 is 6.16 Å². The highest BCUT2D eigenvalue weighted by Gasteiger charge is 2.35. The zero-order chi connectivity index (χ0) is 25.6. The minimum Gasteiger partial charge on any atom is -0.450 e. The van der Waals surface area contributed by atoms with Crippen LogP contribution >= 0.6 is 0 Å². The molecular weight excluding hydrogens is 460 g/mol. The van der Waals surface area contributed by atoms with Gasteiger partial charge in [-0.15, -0.1) is 0 Å². The molecule has 2 aliphatic carbocycles. The van der Waals surface area contributed by atoms with Crippen LogP contribution in [0.3, 0.4) is 0 Å². The van der Waals surface area contributed by atoms with Gasteiger partial charge in [-0.3, -0.25) is 19.2 Å². The Labute approximate surface area is 204 Å². The summed E-state index contributed by atoms with van der Waals surface area (Å²) in [6, 6.07) is 23.6. The lowest BCUT2D eigenvalue weighted by atomic mass is 9.76. The van der Waals surface area contributed by atoms with Crippen LogP contribution in [0, 0.1) is 0 Å². The number of ketones is 4. The maximum absolute atomic E-state index is 13.5. The van der Waals surface area contributed by atoms with Crippen LogP contribution in [0.15, 0.2) is 84.9 Å². The van der Waals surface area contributed by atoms with Crippen LogP contribution in [0.25, 0.3) is 11.1 Å². The molecule has 0 radical (unpaired) electrons. The summed E-state index contributed by atoms with van der Waals surface area (Å²) in [6.45, 7) is 0. The second-order valence-electron chi connectivity index (χ2n) is 8.15. The summed E-state index contributed by atoms with van der Waals surface area (Å²) < 4.78 is 0. The molecule has 36 heavy (non-hydrogen) atoms. The molecule has 0 amide bonds. The number of carboxylic acid groups (broad SMARTS) is 2. The third-order valence-electron chi connectivity index (χ3n) is 6.20. The summed E-state index contributed by atoms with van der Waals surface area (Å²) in [5.74, 6) is -0.985. The van der Waals surface area contributed by atoms with Crippen LogP contribution in [0.4, 0.5) is 4.79 Å².